The number of nitrogens with one attached hydrogen (secondary N) is 2. The number of carbonyl (C=O) groups is 1. The van der Waals surface area contributed by atoms with Gasteiger partial charge in [-0.1, -0.05) is 23.7 Å². The Morgan fingerprint density at radius 2 is 2.07 bits per heavy atom. The number of para-hydroxylation sites is 2. The summed E-state index contributed by atoms with van der Waals surface area (Å²) >= 11 is 6.02. The molecule has 0 unspecified atom stereocenters. The van der Waals surface area contributed by atoms with Crippen LogP contribution in [0.2, 0.25) is 5.02 Å². The quantitative estimate of drug-likeness (QED) is 0.568. The molecule has 136 valence electrons. The number of aryl methyl sites for hydroxylation is 1. The van der Waals surface area contributed by atoms with E-state index in [1.165, 1.54) is 0 Å². The molecule has 2 N–H and O–H groups in total. The molecule has 7 nitrogen and oxygen atoms in total. The third-order valence-corrected chi connectivity index (χ3v) is 4.52. The lowest BCUT2D eigenvalue weighted by Crippen LogP contribution is -2.32. The third-order valence-electron chi connectivity index (χ3n) is 4.29. The smallest absolute Gasteiger partial charge is 0.276 e. The van der Waals surface area contributed by atoms with E-state index in [0.717, 1.165) is 11.0 Å². The van der Waals surface area contributed by atoms with Crippen molar-refractivity contribution in [1.82, 2.24) is 25.1 Å². The number of aromatic nitrogens is 4. The molecule has 2 heterocycles. The number of fused-ring (bicyclic) bond motifs is 2. The largest absolute Gasteiger partial charge is 0.343 e. The number of carbonyl (C=O) groups excluding carboxylic acids is 1. The van der Waals surface area contributed by atoms with Crippen molar-refractivity contribution in [1.29, 1.82) is 0 Å². The van der Waals surface area contributed by atoms with E-state index < -0.39 is 11.3 Å². The normalized spacial score (nSPS) is 11.2. The van der Waals surface area contributed by atoms with Gasteiger partial charge in [0.1, 0.15) is 5.82 Å². The number of hydrogen-bond donors (Lipinski definition) is 2. The minimum absolute atomic E-state index is 0.161. The second-order valence-corrected chi connectivity index (χ2v) is 6.47. The molecule has 4 aromatic rings. The van der Waals surface area contributed by atoms with Crippen LogP contribution in [0.3, 0.4) is 0 Å². The van der Waals surface area contributed by atoms with Gasteiger partial charge in [0.25, 0.3) is 5.91 Å². The number of amides is 1. The minimum atomic E-state index is -0.551. The van der Waals surface area contributed by atoms with Crippen LogP contribution in [-0.4, -0.2) is 25.7 Å². The first-order valence-corrected chi connectivity index (χ1v) is 8.87. The fraction of sp³-hybridized carbons (Fsp3) is 0.158. The van der Waals surface area contributed by atoms with E-state index in [-0.39, 0.29) is 12.2 Å². The van der Waals surface area contributed by atoms with Crippen LogP contribution in [0.5, 0.6) is 0 Å². The highest BCUT2D eigenvalue weighted by atomic mass is 35.5. The molecule has 4 rings (SSSR count). The molecule has 0 aliphatic carbocycles. The molecule has 0 saturated carbocycles. The van der Waals surface area contributed by atoms with Crippen LogP contribution in [0.15, 0.2) is 47.3 Å². The molecule has 2 aromatic heterocycles. The van der Waals surface area contributed by atoms with Gasteiger partial charge >= 0.3 is 0 Å². The summed E-state index contributed by atoms with van der Waals surface area (Å²) in [5.41, 5.74) is 1.73. The lowest BCUT2D eigenvalue weighted by Gasteiger charge is -2.10. The number of hydrogen-bond acceptors (Lipinski definition) is 4. The van der Waals surface area contributed by atoms with Gasteiger partial charge in [0.15, 0.2) is 5.69 Å². The SMILES string of the molecule is CCn1nc(C(=O)NCc2nc3ccccc3[nH]2)c(=O)c2cc(Cl)ccc21. The maximum absolute atomic E-state index is 12.7. The average molecular weight is 382 g/mol. The second-order valence-electron chi connectivity index (χ2n) is 6.04. The average Bonchev–Trinajstić information content (AvgIpc) is 3.10. The molecule has 0 radical (unpaired) electrons. The van der Waals surface area contributed by atoms with Crippen LogP contribution in [-0.2, 0) is 13.1 Å². The number of rotatable bonds is 4. The monoisotopic (exact) mass is 381 g/mol. The topological polar surface area (TPSA) is 92.7 Å². The number of aromatic amines is 1. The Labute approximate surface area is 159 Å². The number of nitrogens with zero attached hydrogens (tertiary/aromatic N) is 3. The molecule has 0 atom stereocenters. The van der Waals surface area contributed by atoms with E-state index >= 15 is 0 Å². The Balaban J connectivity index is 1.65. The summed E-state index contributed by atoms with van der Waals surface area (Å²) in [6, 6.07) is 12.6. The van der Waals surface area contributed by atoms with Gasteiger partial charge in [-0.3, -0.25) is 14.3 Å². The summed E-state index contributed by atoms with van der Waals surface area (Å²) in [5.74, 6) is 0.0498. The van der Waals surface area contributed by atoms with E-state index in [1.54, 1.807) is 22.9 Å². The van der Waals surface area contributed by atoms with Crippen molar-refractivity contribution in [3.8, 4) is 0 Å². The van der Waals surface area contributed by atoms with Crippen LogP contribution in [0.1, 0.15) is 23.2 Å². The van der Waals surface area contributed by atoms with Crippen LogP contribution in [0, 0.1) is 0 Å². The van der Waals surface area contributed by atoms with Gasteiger partial charge in [0, 0.05) is 11.6 Å². The first kappa shape index (κ1) is 17.2. The van der Waals surface area contributed by atoms with Crippen LogP contribution in [0.4, 0.5) is 0 Å². The van der Waals surface area contributed by atoms with Crippen molar-refractivity contribution in [2.45, 2.75) is 20.0 Å². The highest BCUT2D eigenvalue weighted by Gasteiger charge is 2.17. The Morgan fingerprint density at radius 1 is 1.26 bits per heavy atom. The van der Waals surface area contributed by atoms with E-state index in [9.17, 15) is 9.59 Å². The Bertz CT molecular complexity index is 1190. The predicted molar refractivity (Wildman–Crippen MR) is 104 cm³/mol. The minimum Gasteiger partial charge on any atom is -0.343 e. The number of imidazole rings is 1. The highest BCUT2D eigenvalue weighted by molar-refractivity contribution is 6.31. The first-order valence-electron chi connectivity index (χ1n) is 8.49. The van der Waals surface area contributed by atoms with Crippen molar-refractivity contribution in [2.24, 2.45) is 0 Å². The zero-order valence-electron chi connectivity index (χ0n) is 14.5. The molecule has 27 heavy (non-hydrogen) atoms. The van der Waals surface area contributed by atoms with Gasteiger partial charge in [-0.15, -0.1) is 0 Å². The lowest BCUT2D eigenvalue weighted by molar-refractivity contribution is 0.0942. The Morgan fingerprint density at radius 3 is 2.85 bits per heavy atom. The zero-order valence-corrected chi connectivity index (χ0v) is 15.2. The standard InChI is InChI=1S/C19H16ClN5O2/c1-2-25-15-8-7-11(20)9-12(15)18(26)17(24-25)19(27)21-10-16-22-13-5-3-4-6-14(13)23-16/h3-9H,2,10H2,1H3,(H,21,27)(H,22,23). The molecule has 1 amide bonds. The molecule has 0 bridgehead atoms. The molecular formula is C19H16ClN5O2. The van der Waals surface area contributed by atoms with E-state index in [4.69, 9.17) is 11.6 Å². The Hall–Kier alpha value is -3.19. The van der Waals surface area contributed by atoms with Gasteiger partial charge in [-0.05, 0) is 37.3 Å². The summed E-state index contributed by atoms with van der Waals surface area (Å²) < 4.78 is 1.61. The summed E-state index contributed by atoms with van der Waals surface area (Å²) in [5, 5.41) is 7.73. The second kappa shape index (κ2) is 6.85. The fourth-order valence-electron chi connectivity index (χ4n) is 2.99. The van der Waals surface area contributed by atoms with Crippen molar-refractivity contribution >= 4 is 39.4 Å². The number of benzene rings is 2. The van der Waals surface area contributed by atoms with Crippen LogP contribution < -0.4 is 10.7 Å². The molecule has 0 aliphatic heterocycles. The van der Waals surface area contributed by atoms with Crippen LogP contribution >= 0.6 is 11.6 Å². The lowest BCUT2D eigenvalue weighted by atomic mass is 10.2. The van der Waals surface area contributed by atoms with Crippen molar-refractivity contribution in [2.75, 3.05) is 0 Å². The maximum atomic E-state index is 12.7. The van der Waals surface area contributed by atoms with Gasteiger partial charge in [-0.25, -0.2) is 4.98 Å². The van der Waals surface area contributed by atoms with Crippen molar-refractivity contribution < 1.29 is 4.79 Å². The van der Waals surface area contributed by atoms with Crippen molar-refractivity contribution in [3.05, 3.63) is 69.2 Å². The third kappa shape index (κ3) is 3.17. The Kier molecular flexibility index (Phi) is 4.37. The van der Waals surface area contributed by atoms with Gasteiger partial charge in [0.05, 0.1) is 28.5 Å². The summed E-state index contributed by atoms with van der Waals surface area (Å²) in [6.45, 7) is 2.57. The van der Waals surface area contributed by atoms with Crippen LogP contribution in [0.25, 0.3) is 21.9 Å². The van der Waals surface area contributed by atoms with E-state index in [2.05, 4.69) is 20.4 Å². The summed E-state index contributed by atoms with van der Waals surface area (Å²) in [7, 11) is 0. The first-order chi connectivity index (χ1) is 13.1. The molecule has 8 heteroatoms. The molecule has 0 spiro atoms. The number of H-pyrrole nitrogens is 1. The predicted octanol–water partition coefficient (Wildman–Crippen LogP) is 2.88. The van der Waals surface area contributed by atoms with Crippen molar-refractivity contribution in [3.63, 3.8) is 0 Å². The zero-order chi connectivity index (χ0) is 19.0. The van der Waals surface area contributed by atoms with E-state index in [0.29, 0.717) is 28.3 Å². The molecular weight excluding hydrogens is 366 g/mol. The summed E-state index contributed by atoms with van der Waals surface area (Å²) in [4.78, 5) is 32.8. The van der Waals surface area contributed by atoms with E-state index in [1.807, 2.05) is 31.2 Å². The fourth-order valence-corrected chi connectivity index (χ4v) is 3.16. The van der Waals surface area contributed by atoms with Gasteiger partial charge in [0.2, 0.25) is 5.43 Å². The molecule has 2 aromatic carbocycles. The number of halogens is 1. The molecule has 0 aliphatic rings. The molecule has 0 fully saturated rings. The van der Waals surface area contributed by atoms with Gasteiger partial charge in [-0.2, -0.15) is 5.10 Å². The highest BCUT2D eigenvalue weighted by Crippen LogP contribution is 2.16. The van der Waals surface area contributed by atoms with Gasteiger partial charge < -0.3 is 10.3 Å². The summed E-state index contributed by atoms with van der Waals surface area (Å²) in [6.07, 6.45) is 0. The maximum Gasteiger partial charge on any atom is 0.276 e. The molecule has 0 saturated heterocycles.